The normalized spacial score (nSPS) is 12.0. The maximum Gasteiger partial charge on any atom is 0.326 e. The predicted octanol–water partition coefficient (Wildman–Crippen LogP) is 0.288. The maximum absolute atomic E-state index is 12.1. The predicted molar refractivity (Wildman–Crippen MR) is 77.2 cm³/mol. The van der Waals surface area contributed by atoms with Gasteiger partial charge in [0.05, 0.1) is 0 Å². The summed E-state index contributed by atoms with van der Waals surface area (Å²) in [6, 6.07) is -1.66. The number of urea groups is 1. The summed E-state index contributed by atoms with van der Waals surface area (Å²) in [6.07, 6.45) is 0.320. The average molecular weight is 303 g/mol. The summed E-state index contributed by atoms with van der Waals surface area (Å²) in [7, 11) is 3.77. The second kappa shape index (κ2) is 9.98. The molecule has 0 aliphatic carbocycles. The summed E-state index contributed by atoms with van der Waals surface area (Å²) < 4.78 is 0. The van der Waals surface area contributed by atoms with Crippen LogP contribution in [0.4, 0.5) is 4.79 Å². The van der Waals surface area contributed by atoms with Gasteiger partial charge in [-0.15, -0.1) is 0 Å². The molecule has 0 rings (SSSR count). The fourth-order valence-electron chi connectivity index (χ4n) is 1.67. The molecule has 8 heteroatoms. The fraction of sp³-hybridized carbons (Fsp3) is 0.769. The maximum atomic E-state index is 12.1. The van der Waals surface area contributed by atoms with Gasteiger partial charge in [0.25, 0.3) is 0 Å². The van der Waals surface area contributed by atoms with Crippen molar-refractivity contribution in [2.45, 2.75) is 32.2 Å². The van der Waals surface area contributed by atoms with E-state index in [1.807, 2.05) is 25.9 Å². The molecule has 0 aromatic carbocycles. The zero-order valence-electron chi connectivity index (χ0n) is 12.8. The second-order valence-electron chi connectivity index (χ2n) is 5.06. The van der Waals surface area contributed by atoms with Crippen molar-refractivity contribution in [2.75, 3.05) is 33.7 Å². The third-order valence-electron chi connectivity index (χ3n) is 2.84. The second-order valence-corrected chi connectivity index (χ2v) is 5.06. The molecule has 0 radical (unpaired) electrons. The molecule has 8 nitrogen and oxygen atoms in total. The van der Waals surface area contributed by atoms with Crippen LogP contribution in [0.15, 0.2) is 0 Å². The minimum atomic E-state index is -1.23. The van der Waals surface area contributed by atoms with Gasteiger partial charge >= 0.3 is 18.0 Å². The van der Waals surface area contributed by atoms with Gasteiger partial charge in [-0.2, -0.15) is 0 Å². The number of aliphatic carboxylic acids is 2. The van der Waals surface area contributed by atoms with Gasteiger partial charge in [0.1, 0.15) is 6.04 Å². The van der Waals surface area contributed by atoms with E-state index in [0.717, 1.165) is 6.42 Å². The smallest absolute Gasteiger partial charge is 0.326 e. The monoisotopic (exact) mass is 303 g/mol. The molecule has 0 aromatic rings. The first kappa shape index (κ1) is 19.2. The van der Waals surface area contributed by atoms with Crippen LogP contribution in [0, 0.1) is 0 Å². The Labute approximate surface area is 124 Å². The number of carbonyl (C=O) groups is 3. The first-order valence-corrected chi connectivity index (χ1v) is 6.92. The molecule has 21 heavy (non-hydrogen) atoms. The van der Waals surface area contributed by atoms with Crippen LogP contribution in [0.3, 0.4) is 0 Å². The van der Waals surface area contributed by atoms with E-state index < -0.39 is 24.0 Å². The molecular weight excluding hydrogens is 278 g/mol. The van der Waals surface area contributed by atoms with E-state index in [1.165, 1.54) is 4.90 Å². The van der Waals surface area contributed by atoms with Crippen LogP contribution in [0.25, 0.3) is 0 Å². The third kappa shape index (κ3) is 8.85. The van der Waals surface area contributed by atoms with Gasteiger partial charge in [-0.05, 0) is 26.9 Å². The molecule has 0 aromatic heterocycles. The van der Waals surface area contributed by atoms with E-state index in [1.54, 1.807) is 0 Å². The first-order chi connectivity index (χ1) is 9.77. The summed E-state index contributed by atoms with van der Waals surface area (Å²) in [6.45, 7) is 3.60. The lowest BCUT2D eigenvalue weighted by Crippen LogP contribution is -2.49. The first-order valence-electron chi connectivity index (χ1n) is 6.92. The number of carbonyl (C=O) groups excluding carboxylic acids is 1. The Morgan fingerprint density at radius 3 is 2.14 bits per heavy atom. The quantitative estimate of drug-likeness (QED) is 0.535. The number of hydrogen-bond acceptors (Lipinski definition) is 4. The van der Waals surface area contributed by atoms with Gasteiger partial charge in [-0.25, -0.2) is 9.59 Å². The molecule has 0 aliphatic heterocycles. The summed E-state index contributed by atoms with van der Waals surface area (Å²) in [4.78, 5) is 37.1. The molecule has 0 aliphatic rings. The van der Waals surface area contributed by atoms with Gasteiger partial charge < -0.3 is 25.3 Å². The van der Waals surface area contributed by atoms with Crippen molar-refractivity contribution >= 4 is 18.0 Å². The molecule has 0 saturated heterocycles. The fourth-order valence-corrected chi connectivity index (χ4v) is 1.67. The molecule has 0 fully saturated rings. The Kier molecular flexibility index (Phi) is 9.11. The topological polar surface area (TPSA) is 110 Å². The molecule has 1 unspecified atom stereocenters. The molecule has 0 spiro atoms. The largest absolute Gasteiger partial charge is 0.481 e. The molecule has 0 heterocycles. The highest BCUT2D eigenvalue weighted by atomic mass is 16.4. The molecule has 1 atom stereocenters. The van der Waals surface area contributed by atoms with Gasteiger partial charge in [0, 0.05) is 26.1 Å². The third-order valence-corrected chi connectivity index (χ3v) is 2.84. The number of hydrogen-bond donors (Lipinski definition) is 3. The molecule has 0 bridgehead atoms. The molecule has 3 N–H and O–H groups in total. The van der Waals surface area contributed by atoms with Crippen molar-refractivity contribution in [1.29, 1.82) is 0 Å². The number of rotatable bonds is 10. The number of carboxylic acids is 2. The summed E-state index contributed by atoms with van der Waals surface area (Å²) in [5, 5.41) is 20.0. The Hall–Kier alpha value is -1.83. The highest BCUT2D eigenvalue weighted by Gasteiger charge is 2.23. The Balaban J connectivity index is 4.58. The molecule has 0 saturated carbocycles. The van der Waals surface area contributed by atoms with Crippen LogP contribution >= 0.6 is 0 Å². The van der Waals surface area contributed by atoms with E-state index in [4.69, 9.17) is 10.2 Å². The van der Waals surface area contributed by atoms with Gasteiger partial charge in [-0.3, -0.25) is 4.79 Å². The lowest BCUT2D eigenvalue weighted by atomic mass is 10.1. The molecule has 2 amide bonds. The van der Waals surface area contributed by atoms with Crippen LogP contribution in [-0.2, 0) is 9.59 Å². The Morgan fingerprint density at radius 1 is 1.10 bits per heavy atom. The lowest BCUT2D eigenvalue weighted by molar-refractivity contribution is -0.140. The average Bonchev–Trinajstić information content (AvgIpc) is 2.38. The zero-order chi connectivity index (χ0) is 16.4. The van der Waals surface area contributed by atoms with Crippen molar-refractivity contribution in [3.63, 3.8) is 0 Å². The van der Waals surface area contributed by atoms with Crippen LogP contribution in [0.5, 0.6) is 0 Å². The van der Waals surface area contributed by atoms with Gasteiger partial charge in [0.2, 0.25) is 0 Å². The number of likely N-dealkylation sites (N-methyl/N-ethyl adjacent to an activating group) is 1. The van der Waals surface area contributed by atoms with Crippen molar-refractivity contribution in [2.24, 2.45) is 0 Å². The Morgan fingerprint density at radius 2 is 1.71 bits per heavy atom. The van der Waals surface area contributed by atoms with Crippen molar-refractivity contribution in [3.05, 3.63) is 0 Å². The molecular formula is C13H25N3O5. The van der Waals surface area contributed by atoms with Crippen LogP contribution < -0.4 is 5.32 Å². The standard InChI is InChI=1S/C13H25N3O5/c1-4-7-16(9-8-15(2)3)13(21)14-10(12(19)20)5-6-11(17)18/h10H,4-9H2,1-3H3,(H,14,21)(H,17,18)(H,19,20). The Bertz CT molecular complexity index is 360. The SMILES string of the molecule is CCCN(CCN(C)C)C(=O)NC(CCC(=O)O)C(=O)O. The summed E-state index contributed by atoms with van der Waals surface area (Å²) in [5.74, 6) is -2.32. The number of nitrogens with zero attached hydrogens (tertiary/aromatic N) is 2. The lowest BCUT2D eigenvalue weighted by Gasteiger charge is -2.26. The van der Waals surface area contributed by atoms with Crippen LogP contribution in [0.1, 0.15) is 26.2 Å². The van der Waals surface area contributed by atoms with Crippen LogP contribution in [0.2, 0.25) is 0 Å². The number of amides is 2. The van der Waals surface area contributed by atoms with Gasteiger partial charge in [-0.1, -0.05) is 6.92 Å². The van der Waals surface area contributed by atoms with Crippen LogP contribution in [-0.4, -0.2) is 77.8 Å². The van der Waals surface area contributed by atoms with E-state index in [9.17, 15) is 14.4 Å². The number of carboxylic acid groups (broad SMARTS) is 2. The van der Waals surface area contributed by atoms with E-state index in [2.05, 4.69) is 5.32 Å². The number of nitrogens with one attached hydrogen (secondary N) is 1. The van der Waals surface area contributed by atoms with Crippen molar-refractivity contribution < 1.29 is 24.6 Å². The van der Waals surface area contributed by atoms with Gasteiger partial charge in [0.15, 0.2) is 0 Å². The minimum Gasteiger partial charge on any atom is -0.481 e. The highest BCUT2D eigenvalue weighted by Crippen LogP contribution is 2.01. The summed E-state index contributed by atoms with van der Waals surface area (Å²) >= 11 is 0. The highest BCUT2D eigenvalue weighted by molar-refractivity contribution is 5.83. The van der Waals surface area contributed by atoms with E-state index in [-0.39, 0.29) is 12.8 Å². The van der Waals surface area contributed by atoms with E-state index >= 15 is 0 Å². The minimum absolute atomic E-state index is 0.135. The zero-order valence-corrected chi connectivity index (χ0v) is 12.8. The molecule has 122 valence electrons. The van der Waals surface area contributed by atoms with Crippen molar-refractivity contribution in [1.82, 2.24) is 15.1 Å². The van der Waals surface area contributed by atoms with E-state index in [0.29, 0.717) is 19.6 Å². The van der Waals surface area contributed by atoms with Crippen molar-refractivity contribution in [3.8, 4) is 0 Å². The summed E-state index contributed by atoms with van der Waals surface area (Å²) in [5.41, 5.74) is 0.